The molecule has 4 amide bonds. The van der Waals surface area contributed by atoms with Crippen LogP contribution in [-0.2, 0) is 23.9 Å². The van der Waals surface area contributed by atoms with Crippen LogP contribution in [0.15, 0.2) is 95.0 Å². The lowest BCUT2D eigenvalue weighted by Gasteiger charge is -2.49. The van der Waals surface area contributed by atoms with Crippen LogP contribution in [0.4, 0.5) is 9.80 Å². The maximum atomic E-state index is 14.3. The summed E-state index contributed by atoms with van der Waals surface area (Å²) >= 11 is 2.60. The van der Waals surface area contributed by atoms with Crippen molar-refractivity contribution in [3.63, 3.8) is 0 Å². The van der Waals surface area contributed by atoms with Gasteiger partial charge in [0.25, 0.3) is 17.7 Å². The van der Waals surface area contributed by atoms with Gasteiger partial charge in [-0.1, -0.05) is 60.7 Å². The van der Waals surface area contributed by atoms with Crippen molar-refractivity contribution >= 4 is 57.9 Å². The zero-order valence-electron chi connectivity index (χ0n) is 26.5. The number of hydrogen-bond donors (Lipinski definition) is 2. The molecule has 11 nitrogen and oxygen atoms in total. The number of ether oxygens (including phenoxy) is 2. The van der Waals surface area contributed by atoms with Crippen LogP contribution >= 0.6 is 23.1 Å². The lowest BCUT2D eigenvalue weighted by atomic mass is 10.00. The fourth-order valence-corrected chi connectivity index (χ4v) is 8.01. The van der Waals surface area contributed by atoms with Gasteiger partial charge in [-0.05, 0) is 61.4 Å². The molecule has 48 heavy (non-hydrogen) atoms. The van der Waals surface area contributed by atoms with E-state index in [2.05, 4.69) is 5.32 Å². The number of anilines is 1. The molecule has 2 fully saturated rings. The Hall–Kier alpha value is -4.88. The molecule has 0 saturated carbocycles. The Morgan fingerprint density at radius 1 is 1.00 bits per heavy atom. The van der Waals surface area contributed by atoms with Gasteiger partial charge < -0.3 is 20.5 Å². The van der Waals surface area contributed by atoms with Crippen molar-refractivity contribution < 1.29 is 33.4 Å². The Kier molecular flexibility index (Phi) is 9.17. The topological polar surface area (TPSA) is 148 Å². The van der Waals surface area contributed by atoms with E-state index in [1.165, 1.54) is 32.9 Å². The molecule has 6 rings (SSSR count). The molecule has 4 heterocycles. The third-order valence-corrected chi connectivity index (χ3v) is 10.2. The predicted molar refractivity (Wildman–Crippen MR) is 182 cm³/mol. The first-order valence-corrected chi connectivity index (χ1v) is 17.2. The van der Waals surface area contributed by atoms with Crippen molar-refractivity contribution in [3.05, 3.63) is 112 Å². The number of amides is 4. The Labute approximate surface area is 285 Å². The summed E-state index contributed by atoms with van der Waals surface area (Å²) in [5, 5.41) is 4.21. The summed E-state index contributed by atoms with van der Waals surface area (Å²) in [5.74, 6) is -1.93. The van der Waals surface area contributed by atoms with E-state index in [-0.39, 0.29) is 22.9 Å². The molecule has 2 saturated heterocycles. The smallest absolute Gasteiger partial charge is 0.408 e. The SMILES string of the molecule is CC(C)(C)OC(=O)N[C@@H]1C(=O)N2C(C(=O)OC(c3ccccc3)c3ccccc3)=C(C=C3CCN(c4sccc4C(N)=O)C3=O)CS[C@H]12. The minimum Gasteiger partial charge on any atom is -0.448 e. The fourth-order valence-electron chi connectivity index (χ4n) is 5.77. The third kappa shape index (κ3) is 6.60. The van der Waals surface area contributed by atoms with Crippen LogP contribution in [0.5, 0.6) is 0 Å². The van der Waals surface area contributed by atoms with Crippen molar-refractivity contribution in [3.8, 4) is 0 Å². The van der Waals surface area contributed by atoms with Crippen molar-refractivity contribution in [2.75, 3.05) is 17.2 Å². The molecule has 2 aromatic carbocycles. The molecular formula is C35H34N4O7S2. The van der Waals surface area contributed by atoms with E-state index in [0.717, 1.165) is 11.1 Å². The molecule has 3 aliphatic rings. The molecule has 0 radical (unpaired) electrons. The molecule has 248 valence electrons. The second-order valence-corrected chi connectivity index (χ2v) is 14.4. The number of thioether (sulfide) groups is 1. The van der Waals surface area contributed by atoms with Gasteiger partial charge in [-0.25, -0.2) is 9.59 Å². The number of carbonyl (C=O) groups excluding carboxylic acids is 5. The second-order valence-electron chi connectivity index (χ2n) is 12.4. The van der Waals surface area contributed by atoms with Gasteiger partial charge >= 0.3 is 12.1 Å². The number of allylic oxidation sites excluding steroid dienone is 1. The maximum Gasteiger partial charge on any atom is 0.408 e. The third-order valence-electron chi connectivity index (χ3n) is 7.92. The summed E-state index contributed by atoms with van der Waals surface area (Å²) < 4.78 is 11.6. The van der Waals surface area contributed by atoms with Gasteiger partial charge in [-0.3, -0.25) is 24.2 Å². The van der Waals surface area contributed by atoms with Crippen molar-refractivity contribution in [1.29, 1.82) is 0 Å². The number of benzene rings is 2. The molecule has 0 unspecified atom stereocenters. The van der Waals surface area contributed by atoms with Crippen LogP contribution in [0.1, 0.15) is 54.8 Å². The zero-order valence-corrected chi connectivity index (χ0v) is 28.1. The maximum absolute atomic E-state index is 14.3. The van der Waals surface area contributed by atoms with Crippen molar-refractivity contribution in [2.24, 2.45) is 5.73 Å². The average Bonchev–Trinajstić information content (AvgIpc) is 3.69. The Bertz CT molecular complexity index is 1790. The number of rotatable bonds is 8. The standard InChI is InChI=1S/C35H34N4O7S2/c1-35(2,3)46-34(44)37-25-30(42)39-26(33(43)45-27(20-10-6-4-7-11-20)21-12-8-5-9-13-21)23(19-48-32(25)39)18-22-14-16-38(29(22)41)31-24(28(36)40)15-17-47-31/h4-13,15,17-18,25,27,32H,14,16,19H2,1-3H3,(H2,36,40)(H,37,44)/t25-,32-/m1/s1. The number of carbonyl (C=O) groups is 5. The minimum atomic E-state index is -0.921. The summed E-state index contributed by atoms with van der Waals surface area (Å²) in [5.41, 5.74) is 7.37. The van der Waals surface area contributed by atoms with E-state index in [4.69, 9.17) is 15.2 Å². The molecule has 3 N–H and O–H groups in total. The molecule has 2 atom stereocenters. The summed E-state index contributed by atoms with van der Waals surface area (Å²) in [6.07, 6.45) is 0.469. The van der Waals surface area contributed by atoms with Gasteiger partial charge in [0.05, 0.1) is 5.56 Å². The lowest BCUT2D eigenvalue weighted by molar-refractivity contribution is -0.153. The highest BCUT2D eigenvalue weighted by Crippen LogP contribution is 2.43. The number of β-lactam (4-membered cyclic amide) rings is 1. The minimum absolute atomic E-state index is 0.00977. The summed E-state index contributed by atoms with van der Waals surface area (Å²) in [4.78, 5) is 68.9. The summed E-state index contributed by atoms with van der Waals surface area (Å²) in [6.45, 7) is 5.49. The fraction of sp³-hybridized carbons (Fsp3) is 0.286. The van der Waals surface area contributed by atoms with Crippen LogP contribution in [-0.4, -0.2) is 64.0 Å². The molecule has 1 aromatic heterocycles. The number of esters is 1. The van der Waals surface area contributed by atoms with E-state index in [9.17, 15) is 24.0 Å². The predicted octanol–water partition coefficient (Wildman–Crippen LogP) is 4.91. The number of alkyl carbamates (subject to hydrolysis) is 1. The Morgan fingerprint density at radius 2 is 1.65 bits per heavy atom. The Morgan fingerprint density at radius 3 is 2.25 bits per heavy atom. The number of nitrogens with two attached hydrogens (primary N) is 1. The summed E-state index contributed by atoms with van der Waals surface area (Å²) in [7, 11) is 0. The molecular weight excluding hydrogens is 653 g/mol. The first kappa shape index (κ1) is 33.0. The zero-order chi connectivity index (χ0) is 34.2. The highest BCUT2D eigenvalue weighted by molar-refractivity contribution is 8.00. The van der Waals surface area contributed by atoms with Gasteiger partial charge in [0.2, 0.25) is 0 Å². The quantitative estimate of drug-likeness (QED) is 0.193. The van der Waals surface area contributed by atoms with Gasteiger partial charge in [-0.15, -0.1) is 23.1 Å². The monoisotopic (exact) mass is 686 g/mol. The van der Waals surface area contributed by atoms with Gasteiger partial charge in [0.15, 0.2) is 6.10 Å². The molecule has 13 heteroatoms. The first-order chi connectivity index (χ1) is 22.9. The van der Waals surface area contributed by atoms with Crippen LogP contribution < -0.4 is 16.0 Å². The van der Waals surface area contributed by atoms with Crippen molar-refractivity contribution in [2.45, 2.75) is 50.3 Å². The van der Waals surface area contributed by atoms with Gasteiger partial charge in [0.1, 0.15) is 27.7 Å². The normalized spacial score (nSPS) is 20.1. The number of hydrogen-bond acceptors (Lipinski definition) is 9. The molecule has 0 aliphatic carbocycles. The van der Waals surface area contributed by atoms with Gasteiger partial charge in [-0.2, -0.15) is 0 Å². The van der Waals surface area contributed by atoms with E-state index in [1.807, 2.05) is 60.7 Å². The second kappa shape index (κ2) is 13.3. The highest BCUT2D eigenvalue weighted by atomic mass is 32.2. The van der Waals surface area contributed by atoms with Crippen LogP contribution in [0.3, 0.4) is 0 Å². The highest BCUT2D eigenvalue weighted by Gasteiger charge is 2.55. The molecule has 3 aliphatic heterocycles. The van der Waals surface area contributed by atoms with Crippen molar-refractivity contribution in [1.82, 2.24) is 10.2 Å². The number of fused-ring (bicyclic) bond motifs is 1. The lowest BCUT2D eigenvalue weighted by Crippen LogP contribution is -2.70. The van der Waals surface area contributed by atoms with E-state index in [1.54, 1.807) is 38.3 Å². The Balaban J connectivity index is 1.35. The largest absolute Gasteiger partial charge is 0.448 e. The number of thiophene rings is 1. The summed E-state index contributed by atoms with van der Waals surface area (Å²) in [6, 6.07) is 19.2. The van der Waals surface area contributed by atoms with Crippen LogP contribution in [0.25, 0.3) is 0 Å². The molecule has 3 aromatic rings. The first-order valence-electron chi connectivity index (χ1n) is 15.3. The average molecular weight is 687 g/mol. The number of nitrogens with one attached hydrogen (secondary N) is 1. The van der Waals surface area contributed by atoms with Gasteiger partial charge in [0, 0.05) is 17.9 Å². The van der Waals surface area contributed by atoms with E-state index in [0.29, 0.717) is 29.1 Å². The molecule has 0 spiro atoms. The van der Waals surface area contributed by atoms with E-state index < -0.39 is 47.0 Å². The number of primary amides is 1. The number of nitrogens with zero attached hydrogens (tertiary/aromatic N) is 2. The van der Waals surface area contributed by atoms with Crippen LogP contribution in [0.2, 0.25) is 0 Å². The van der Waals surface area contributed by atoms with E-state index >= 15 is 0 Å². The molecule has 0 bridgehead atoms. The van der Waals surface area contributed by atoms with Crippen LogP contribution in [0, 0.1) is 0 Å².